The zero-order valence-corrected chi connectivity index (χ0v) is 12.2. The maximum atomic E-state index is 6.24. The molecule has 0 aliphatic heterocycles. The standard InChI is InChI=1S/C17H18N4/c1-3-13-8-10-14(11-9-13)16-17(18)21(20-19-16)15-7-5-4-6-12(15)2/h4-11H,3,18H2,1-2H3. The van der Waals surface area contributed by atoms with Crippen LogP contribution in [0.25, 0.3) is 16.9 Å². The number of benzene rings is 2. The molecule has 0 saturated carbocycles. The largest absolute Gasteiger partial charge is 0.382 e. The van der Waals surface area contributed by atoms with Crippen LogP contribution >= 0.6 is 0 Å². The zero-order valence-electron chi connectivity index (χ0n) is 12.2. The van der Waals surface area contributed by atoms with Crippen LogP contribution in [-0.4, -0.2) is 15.0 Å². The second-order valence-electron chi connectivity index (χ2n) is 5.07. The van der Waals surface area contributed by atoms with Crippen molar-refractivity contribution < 1.29 is 0 Å². The molecule has 0 bridgehead atoms. The minimum absolute atomic E-state index is 0.563. The lowest BCUT2D eigenvalue weighted by molar-refractivity contribution is 0.806. The topological polar surface area (TPSA) is 56.7 Å². The number of anilines is 1. The summed E-state index contributed by atoms with van der Waals surface area (Å²) in [6.45, 7) is 4.17. The molecular weight excluding hydrogens is 260 g/mol. The van der Waals surface area contributed by atoms with E-state index in [9.17, 15) is 0 Å². The van der Waals surface area contributed by atoms with Gasteiger partial charge in [0.2, 0.25) is 0 Å². The van der Waals surface area contributed by atoms with Gasteiger partial charge in [0.15, 0.2) is 5.82 Å². The number of hydrogen-bond acceptors (Lipinski definition) is 3. The number of aromatic nitrogens is 3. The van der Waals surface area contributed by atoms with E-state index in [4.69, 9.17) is 5.73 Å². The first kappa shape index (κ1) is 13.4. The van der Waals surface area contributed by atoms with E-state index in [2.05, 4.69) is 29.4 Å². The zero-order chi connectivity index (χ0) is 14.8. The van der Waals surface area contributed by atoms with Crippen molar-refractivity contribution in [2.45, 2.75) is 20.3 Å². The predicted molar refractivity (Wildman–Crippen MR) is 85.3 cm³/mol. The summed E-state index contributed by atoms with van der Waals surface area (Å²) in [4.78, 5) is 0. The normalized spacial score (nSPS) is 10.8. The van der Waals surface area contributed by atoms with Gasteiger partial charge in [-0.25, -0.2) is 0 Å². The molecule has 4 heteroatoms. The summed E-state index contributed by atoms with van der Waals surface area (Å²) in [5, 5.41) is 8.45. The van der Waals surface area contributed by atoms with Gasteiger partial charge in [-0.2, -0.15) is 4.68 Å². The molecule has 0 spiro atoms. The molecule has 2 N–H and O–H groups in total. The summed E-state index contributed by atoms with van der Waals surface area (Å²) >= 11 is 0. The SMILES string of the molecule is CCc1ccc(-c2nnn(-c3ccccc3C)c2N)cc1. The molecule has 0 aliphatic rings. The van der Waals surface area contributed by atoms with E-state index in [1.165, 1.54) is 5.56 Å². The van der Waals surface area contributed by atoms with Crippen LogP contribution < -0.4 is 5.73 Å². The van der Waals surface area contributed by atoms with E-state index < -0.39 is 0 Å². The van der Waals surface area contributed by atoms with Gasteiger partial charge < -0.3 is 5.73 Å². The maximum absolute atomic E-state index is 6.24. The van der Waals surface area contributed by atoms with Gasteiger partial charge in [0.1, 0.15) is 5.69 Å². The molecule has 0 atom stereocenters. The lowest BCUT2D eigenvalue weighted by Crippen LogP contribution is -2.03. The first-order valence-corrected chi connectivity index (χ1v) is 7.07. The third-order valence-corrected chi connectivity index (χ3v) is 3.68. The van der Waals surface area contributed by atoms with Gasteiger partial charge in [-0.1, -0.05) is 54.6 Å². The van der Waals surface area contributed by atoms with E-state index >= 15 is 0 Å². The van der Waals surface area contributed by atoms with Gasteiger partial charge in [-0.05, 0) is 30.5 Å². The van der Waals surface area contributed by atoms with E-state index in [-0.39, 0.29) is 0 Å². The molecule has 0 radical (unpaired) electrons. The average molecular weight is 278 g/mol. The van der Waals surface area contributed by atoms with Crippen LogP contribution in [0.2, 0.25) is 0 Å². The fourth-order valence-corrected chi connectivity index (χ4v) is 2.37. The number of para-hydroxylation sites is 1. The van der Waals surface area contributed by atoms with Crippen molar-refractivity contribution in [2.24, 2.45) is 0 Å². The molecule has 2 aromatic carbocycles. The van der Waals surface area contributed by atoms with Crippen molar-refractivity contribution in [1.29, 1.82) is 0 Å². The van der Waals surface area contributed by atoms with Crippen LogP contribution in [-0.2, 0) is 6.42 Å². The molecule has 21 heavy (non-hydrogen) atoms. The van der Waals surface area contributed by atoms with Crippen LogP contribution in [0, 0.1) is 6.92 Å². The Bertz CT molecular complexity index is 757. The van der Waals surface area contributed by atoms with E-state index in [0.29, 0.717) is 5.82 Å². The number of rotatable bonds is 3. The number of nitrogens with two attached hydrogens (primary N) is 1. The minimum atomic E-state index is 0.563. The smallest absolute Gasteiger partial charge is 0.155 e. The summed E-state index contributed by atoms with van der Waals surface area (Å²) in [6.07, 6.45) is 1.02. The second-order valence-corrected chi connectivity index (χ2v) is 5.07. The molecule has 0 aliphatic carbocycles. The van der Waals surface area contributed by atoms with Crippen molar-refractivity contribution in [3.63, 3.8) is 0 Å². The van der Waals surface area contributed by atoms with Gasteiger partial charge in [0.25, 0.3) is 0 Å². The Balaban J connectivity index is 2.05. The van der Waals surface area contributed by atoms with Crippen LogP contribution in [0.4, 0.5) is 5.82 Å². The molecule has 3 aromatic rings. The van der Waals surface area contributed by atoms with Crippen molar-refractivity contribution >= 4 is 5.82 Å². The van der Waals surface area contributed by atoms with Crippen molar-refractivity contribution in [2.75, 3.05) is 5.73 Å². The van der Waals surface area contributed by atoms with Crippen LogP contribution in [0.3, 0.4) is 0 Å². The summed E-state index contributed by atoms with van der Waals surface area (Å²) in [5.74, 6) is 0.563. The Hall–Kier alpha value is -2.62. The van der Waals surface area contributed by atoms with Crippen LogP contribution in [0.5, 0.6) is 0 Å². The quantitative estimate of drug-likeness (QED) is 0.799. The average Bonchev–Trinajstić information content (AvgIpc) is 2.89. The van der Waals surface area contributed by atoms with Gasteiger partial charge in [0.05, 0.1) is 5.69 Å². The fourth-order valence-electron chi connectivity index (χ4n) is 2.37. The number of nitrogen functional groups attached to an aromatic ring is 1. The molecule has 1 aromatic heterocycles. The first-order chi connectivity index (χ1) is 10.2. The highest BCUT2D eigenvalue weighted by Gasteiger charge is 2.13. The molecule has 0 fully saturated rings. The number of aryl methyl sites for hydroxylation is 2. The molecule has 106 valence electrons. The highest BCUT2D eigenvalue weighted by molar-refractivity contribution is 5.71. The van der Waals surface area contributed by atoms with E-state index in [1.807, 2.05) is 43.3 Å². The third kappa shape index (κ3) is 2.40. The third-order valence-electron chi connectivity index (χ3n) is 3.68. The Labute approximate surface area is 124 Å². The summed E-state index contributed by atoms with van der Waals surface area (Å²) in [6, 6.07) is 16.3. The summed E-state index contributed by atoms with van der Waals surface area (Å²) < 4.78 is 1.69. The molecule has 1 heterocycles. The van der Waals surface area contributed by atoms with Gasteiger partial charge in [-0.15, -0.1) is 5.10 Å². The lowest BCUT2D eigenvalue weighted by atomic mass is 10.1. The Morgan fingerprint density at radius 1 is 1.05 bits per heavy atom. The van der Waals surface area contributed by atoms with Crippen LogP contribution in [0.15, 0.2) is 48.5 Å². The van der Waals surface area contributed by atoms with Gasteiger partial charge >= 0.3 is 0 Å². The van der Waals surface area contributed by atoms with Crippen molar-refractivity contribution in [1.82, 2.24) is 15.0 Å². The van der Waals surface area contributed by atoms with Gasteiger partial charge in [0, 0.05) is 5.56 Å². The highest BCUT2D eigenvalue weighted by Crippen LogP contribution is 2.26. The lowest BCUT2D eigenvalue weighted by Gasteiger charge is -2.06. The fraction of sp³-hybridized carbons (Fsp3) is 0.176. The monoisotopic (exact) mass is 278 g/mol. The van der Waals surface area contributed by atoms with E-state index in [1.54, 1.807) is 4.68 Å². The molecular formula is C17H18N4. The molecule has 3 rings (SSSR count). The maximum Gasteiger partial charge on any atom is 0.155 e. The Kier molecular flexibility index (Phi) is 3.44. The minimum Gasteiger partial charge on any atom is -0.382 e. The molecule has 0 saturated heterocycles. The Morgan fingerprint density at radius 3 is 2.43 bits per heavy atom. The summed E-state index contributed by atoms with van der Waals surface area (Å²) in [5.41, 5.74) is 11.3. The van der Waals surface area contributed by atoms with Crippen LogP contribution in [0.1, 0.15) is 18.1 Å². The molecule has 4 nitrogen and oxygen atoms in total. The summed E-state index contributed by atoms with van der Waals surface area (Å²) in [7, 11) is 0. The molecule has 0 amide bonds. The van der Waals surface area contributed by atoms with Gasteiger partial charge in [-0.3, -0.25) is 0 Å². The number of hydrogen-bond donors (Lipinski definition) is 1. The highest BCUT2D eigenvalue weighted by atomic mass is 15.5. The molecule has 0 unspecified atom stereocenters. The van der Waals surface area contributed by atoms with Crippen molar-refractivity contribution in [3.05, 3.63) is 59.7 Å². The Morgan fingerprint density at radius 2 is 1.76 bits per heavy atom. The van der Waals surface area contributed by atoms with E-state index in [0.717, 1.165) is 28.9 Å². The predicted octanol–water partition coefficient (Wildman–Crippen LogP) is 3.39. The first-order valence-electron chi connectivity index (χ1n) is 7.07. The second kappa shape index (κ2) is 5.40. The van der Waals surface area contributed by atoms with Crippen molar-refractivity contribution in [3.8, 4) is 16.9 Å². The number of nitrogens with zero attached hydrogens (tertiary/aromatic N) is 3.